The van der Waals surface area contributed by atoms with Crippen LogP contribution in [0.3, 0.4) is 0 Å². The maximum Gasteiger partial charge on any atom is 0.252 e. The van der Waals surface area contributed by atoms with Crippen molar-refractivity contribution >= 4 is 32.6 Å². The summed E-state index contributed by atoms with van der Waals surface area (Å²) in [5.74, 6) is 0.881. The maximum absolute atomic E-state index is 13.3. The van der Waals surface area contributed by atoms with Gasteiger partial charge in [0.25, 0.3) is 5.91 Å². The van der Waals surface area contributed by atoms with Gasteiger partial charge in [0.05, 0.1) is 0 Å². The van der Waals surface area contributed by atoms with E-state index in [1.165, 1.54) is 25.7 Å². The lowest BCUT2D eigenvalue weighted by Crippen LogP contribution is -2.65. The summed E-state index contributed by atoms with van der Waals surface area (Å²) in [5.41, 5.74) is 1.61. The van der Waals surface area contributed by atoms with Gasteiger partial charge in [-0.3, -0.25) is 4.79 Å². The van der Waals surface area contributed by atoms with Gasteiger partial charge in [-0.25, -0.2) is 0 Å². The number of rotatable bonds is 2. The Morgan fingerprint density at radius 2 is 1.62 bits per heavy atom. The summed E-state index contributed by atoms with van der Waals surface area (Å²) >= 11 is 3.62. The molecule has 4 fully saturated rings. The van der Waals surface area contributed by atoms with Gasteiger partial charge in [-0.1, -0.05) is 54.0 Å². The minimum absolute atomic E-state index is 0.00578. The van der Waals surface area contributed by atoms with Crippen molar-refractivity contribution in [1.82, 2.24) is 5.32 Å². The summed E-state index contributed by atoms with van der Waals surface area (Å²) in [7, 11) is 0. The molecule has 0 aliphatic heterocycles. The van der Waals surface area contributed by atoms with Crippen molar-refractivity contribution in [2.45, 2.75) is 57.9 Å². The second kappa shape index (κ2) is 5.34. The SMILES string of the molecule is CC12CC3CC(C)(C1)CC(NC(=O)c1cccc4c(Br)cccc14)(C3)C2. The smallest absolute Gasteiger partial charge is 0.252 e. The predicted molar refractivity (Wildman–Crippen MR) is 109 cm³/mol. The molecule has 2 unspecified atom stereocenters. The Balaban J connectivity index is 1.51. The van der Waals surface area contributed by atoms with Gasteiger partial charge in [-0.15, -0.1) is 0 Å². The van der Waals surface area contributed by atoms with E-state index in [-0.39, 0.29) is 11.4 Å². The normalized spacial score (nSPS) is 37.9. The molecule has 4 bridgehead atoms. The topological polar surface area (TPSA) is 29.1 Å². The Hall–Kier alpha value is -1.35. The zero-order chi connectivity index (χ0) is 18.2. The Morgan fingerprint density at radius 3 is 2.31 bits per heavy atom. The molecule has 4 aliphatic carbocycles. The lowest BCUT2D eigenvalue weighted by atomic mass is 9.43. The number of carbonyl (C=O) groups excluding carboxylic acids is 1. The Bertz CT molecular complexity index is 902. The molecule has 2 aromatic rings. The zero-order valence-electron chi connectivity index (χ0n) is 15.6. The first-order chi connectivity index (χ1) is 12.3. The van der Waals surface area contributed by atoms with Gasteiger partial charge in [0.1, 0.15) is 0 Å². The first-order valence-corrected chi connectivity index (χ1v) is 10.6. The number of benzene rings is 2. The van der Waals surface area contributed by atoms with Crippen molar-refractivity contribution in [3.8, 4) is 0 Å². The standard InChI is InChI=1S/C23H26BrNO/c1-21-9-15-10-22(2,12-21)14-23(11-15,13-21)25-20(26)18-7-3-6-17-16(18)5-4-8-19(17)24/h3-8,15H,9-14H2,1-2H3,(H,25,26). The van der Waals surface area contributed by atoms with Crippen LogP contribution in [-0.4, -0.2) is 11.4 Å². The quantitative estimate of drug-likeness (QED) is 0.636. The van der Waals surface area contributed by atoms with E-state index in [4.69, 9.17) is 0 Å². The molecule has 3 heteroatoms. The van der Waals surface area contributed by atoms with Gasteiger partial charge in [-0.2, -0.15) is 0 Å². The van der Waals surface area contributed by atoms with Crippen LogP contribution >= 0.6 is 15.9 Å². The molecule has 4 aliphatic rings. The molecule has 2 nitrogen and oxygen atoms in total. The van der Waals surface area contributed by atoms with Crippen molar-refractivity contribution < 1.29 is 4.79 Å². The van der Waals surface area contributed by atoms with E-state index >= 15 is 0 Å². The summed E-state index contributed by atoms with van der Waals surface area (Å²) < 4.78 is 1.04. The van der Waals surface area contributed by atoms with Crippen molar-refractivity contribution in [1.29, 1.82) is 0 Å². The van der Waals surface area contributed by atoms with Crippen LogP contribution in [0.4, 0.5) is 0 Å². The molecule has 0 radical (unpaired) electrons. The van der Waals surface area contributed by atoms with Gasteiger partial charge >= 0.3 is 0 Å². The van der Waals surface area contributed by atoms with Crippen LogP contribution in [0, 0.1) is 16.7 Å². The van der Waals surface area contributed by atoms with Gasteiger partial charge < -0.3 is 5.32 Å². The number of fused-ring (bicyclic) bond motifs is 1. The number of hydrogen-bond acceptors (Lipinski definition) is 1. The van der Waals surface area contributed by atoms with Gasteiger partial charge in [0, 0.05) is 15.6 Å². The molecule has 136 valence electrons. The summed E-state index contributed by atoms with van der Waals surface area (Å²) in [4.78, 5) is 13.3. The Kier molecular flexibility index (Phi) is 3.45. The van der Waals surface area contributed by atoms with Crippen LogP contribution in [0.5, 0.6) is 0 Å². The highest BCUT2D eigenvalue weighted by Gasteiger charge is 2.60. The average Bonchev–Trinajstić information content (AvgIpc) is 2.50. The summed E-state index contributed by atoms with van der Waals surface area (Å²) in [6, 6.07) is 12.1. The van der Waals surface area contributed by atoms with E-state index < -0.39 is 0 Å². The van der Waals surface area contributed by atoms with Gasteiger partial charge in [0.15, 0.2) is 0 Å². The predicted octanol–water partition coefficient (Wildman–Crippen LogP) is 6.08. The Labute approximate surface area is 163 Å². The summed E-state index contributed by atoms with van der Waals surface area (Å²) in [6.45, 7) is 4.90. The number of hydrogen-bond donors (Lipinski definition) is 1. The van der Waals surface area contributed by atoms with Crippen LogP contribution < -0.4 is 5.32 Å². The molecule has 1 N–H and O–H groups in total. The number of amides is 1. The Morgan fingerprint density at radius 1 is 0.962 bits per heavy atom. The van der Waals surface area contributed by atoms with Crippen LogP contribution in [0.1, 0.15) is 62.7 Å². The number of halogens is 1. The van der Waals surface area contributed by atoms with E-state index in [1.54, 1.807) is 0 Å². The first kappa shape index (κ1) is 16.8. The molecule has 0 heterocycles. The lowest BCUT2D eigenvalue weighted by molar-refractivity contribution is -0.114. The average molecular weight is 412 g/mol. The number of nitrogens with one attached hydrogen (secondary N) is 1. The molecule has 0 aromatic heterocycles. The van der Waals surface area contributed by atoms with Crippen molar-refractivity contribution in [2.24, 2.45) is 16.7 Å². The molecule has 2 atom stereocenters. The van der Waals surface area contributed by atoms with E-state index in [9.17, 15) is 4.79 Å². The van der Waals surface area contributed by atoms with E-state index in [0.717, 1.165) is 39.6 Å². The molecule has 2 aromatic carbocycles. The van der Waals surface area contributed by atoms with Crippen molar-refractivity contribution in [3.05, 3.63) is 46.4 Å². The second-order valence-electron chi connectivity index (χ2n) is 10.0. The summed E-state index contributed by atoms with van der Waals surface area (Å²) in [6.07, 6.45) is 7.48. The minimum atomic E-state index is -0.00578. The van der Waals surface area contributed by atoms with E-state index in [1.807, 2.05) is 24.3 Å². The van der Waals surface area contributed by atoms with Crippen LogP contribution in [-0.2, 0) is 0 Å². The van der Waals surface area contributed by atoms with E-state index in [2.05, 4.69) is 47.2 Å². The van der Waals surface area contributed by atoms with Gasteiger partial charge in [0.2, 0.25) is 0 Å². The number of carbonyl (C=O) groups is 1. The fourth-order valence-corrected chi connectivity index (χ4v) is 7.86. The first-order valence-electron chi connectivity index (χ1n) is 9.79. The molecule has 6 rings (SSSR count). The third-order valence-corrected chi connectivity index (χ3v) is 7.81. The van der Waals surface area contributed by atoms with Crippen LogP contribution in [0.2, 0.25) is 0 Å². The molecule has 26 heavy (non-hydrogen) atoms. The molecular weight excluding hydrogens is 386 g/mol. The summed E-state index contributed by atoms with van der Waals surface area (Å²) in [5, 5.41) is 5.68. The zero-order valence-corrected chi connectivity index (χ0v) is 17.2. The highest BCUT2D eigenvalue weighted by Crippen LogP contribution is 2.66. The molecule has 0 saturated heterocycles. The van der Waals surface area contributed by atoms with Crippen LogP contribution in [0.15, 0.2) is 40.9 Å². The second-order valence-corrected chi connectivity index (χ2v) is 10.9. The minimum Gasteiger partial charge on any atom is -0.347 e. The van der Waals surface area contributed by atoms with E-state index in [0.29, 0.717) is 10.8 Å². The highest BCUT2D eigenvalue weighted by molar-refractivity contribution is 9.10. The third kappa shape index (κ3) is 2.54. The van der Waals surface area contributed by atoms with Crippen LogP contribution in [0.25, 0.3) is 10.8 Å². The molecule has 4 saturated carbocycles. The monoisotopic (exact) mass is 411 g/mol. The maximum atomic E-state index is 13.3. The highest BCUT2D eigenvalue weighted by atomic mass is 79.9. The van der Waals surface area contributed by atoms with Gasteiger partial charge in [-0.05, 0) is 78.2 Å². The molecular formula is C23H26BrNO. The van der Waals surface area contributed by atoms with Crippen molar-refractivity contribution in [3.63, 3.8) is 0 Å². The largest absolute Gasteiger partial charge is 0.347 e. The fourth-order valence-electron chi connectivity index (χ4n) is 7.36. The molecule has 1 amide bonds. The fraction of sp³-hybridized carbons (Fsp3) is 0.522. The molecule has 0 spiro atoms. The van der Waals surface area contributed by atoms with Crippen molar-refractivity contribution in [2.75, 3.05) is 0 Å². The third-order valence-electron chi connectivity index (χ3n) is 7.12. The lowest BCUT2D eigenvalue weighted by Gasteiger charge is -2.65.